The van der Waals surface area contributed by atoms with Gasteiger partial charge in [0.1, 0.15) is 0 Å². The number of aliphatic imine (C=N–C) groups is 1. The molecule has 23 heavy (non-hydrogen) atoms. The van der Waals surface area contributed by atoms with Crippen molar-refractivity contribution in [1.82, 2.24) is 20.3 Å². The van der Waals surface area contributed by atoms with Crippen molar-refractivity contribution in [1.29, 1.82) is 0 Å². The van der Waals surface area contributed by atoms with Crippen molar-refractivity contribution in [3.63, 3.8) is 0 Å². The largest absolute Gasteiger partial charge is 0.356 e. The third-order valence-electron chi connectivity index (χ3n) is 2.96. The summed E-state index contributed by atoms with van der Waals surface area (Å²) in [5.41, 5.74) is -0.601. The first kappa shape index (κ1) is 19.9. The summed E-state index contributed by atoms with van der Waals surface area (Å²) in [6, 6.07) is 0. The number of aryl methyl sites for hydroxylation is 1. The topological polar surface area (TPSA) is 95.5 Å². The minimum absolute atomic E-state index is 0.428. The van der Waals surface area contributed by atoms with Crippen molar-refractivity contribution >= 4 is 27.3 Å². The maximum absolute atomic E-state index is 11.3. The molecule has 0 aliphatic heterocycles. The van der Waals surface area contributed by atoms with Crippen LogP contribution in [0.25, 0.3) is 0 Å². The van der Waals surface area contributed by atoms with Gasteiger partial charge in [-0.15, -0.1) is 11.3 Å². The van der Waals surface area contributed by atoms with Gasteiger partial charge in [0, 0.05) is 43.2 Å². The second-order valence-corrected chi connectivity index (χ2v) is 8.88. The fourth-order valence-electron chi connectivity index (χ4n) is 1.98. The molecule has 0 radical (unpaired) electrons. The van der Waals surface area contributed by atoms with Gasteiger partial charge in [-0.25, -0.2) is 18.1 Å². The lowest BCUT2D eigenvalue weighted by Crippen LogP contribution is -2.53. The number of hydrogen-bond acceptors (Lipinski definition) is 5. The maximum Gasteiger partial charge on any atom is 0.209 e. The molecule has 0 amide bonds. The van der Waals surface area contributed by atoms with Gasteiger partial charge in [0.05, 0.1) is 11.3 Å². The van der Waals surface area contributed by atoms with Crippen molar-refractivity contribution in [2.24, 2.45) is 4.99 Å². The van der Waals surface area contributed by atoms with Crippen molar-refractivity contribution in [2.45, 2.75) is 39.2 Å². The van der Waals surface area contributed by atoms with E-state index in [9.17, 15) is 8.42 Å². The molecule has 0 aliphatic carbocycles. The lowest BCUT2D eigenvalue weighted by molar-refractivity contribution is 0.446. The second kappa shape index (κ2) is 8.60. The van der Waals surface area contributed by atoms with Crippen LogP contribution in [-0.4, -0.2) is 51.3 Å². The van der Waals surface area contributed by atoms with E-state index in [0.29, 0.717) is 12.5 Å². The molecular formula is C14H27N5O2S2. The normalized spacial score (nSPS) is 13.2. The van der Waals surface area contributed by atoms with E-state index in [4.69, 9.17) is 0 Å². The number of nitrogens with zero attached hydrogens (tertiary/aromatic N) is 2. The summed E-state index contributed by atoms with van der Waals surface area (Å²) in [6.07, 6.45) is 4.92. The smallest absolute Gasteiger partial charge is 0.209 e. The zero-order chi connectivity index (χ0) is 17.5. The Hall–Kier alpha value is -1.19. The Labute approximate surface area is 143 Å². The molecular weight excluding hydrogens is 334 g/mol. The first-order valence-corrected chi connectivity index (χ1v) is 10.2. The van der Waals surface area contributed by atoms with E-state index in [2.05, 4.69) is 32.3 Å². The Morgan fingerprint density at radius 1 is 1.39 bits per heavy atom. The van der Waals surface area contributed by atoms with Gasteiger partial charge >= 0.3 is 0 Å². The number of aromatic nitrogens is 1. The van der Waals surface area contributed by atoms with Crippen LogP contribution in [0.15, 0.2) is 11.2 Å². The molecule has 1 heterocycles. The van der Waals surface area contributed by atoms with Crippen molar-refractivity contribution in [3.8, 4) is 0 Å². The quantitative estimate of drug-likeness (QED) is 0.469. The highest BCUT2D eigenvalue weighted by Gasteiger charge is 2.22. The first-order valence-electron chi connectivity index (χ1n) is 7.52. The van der Waals surface area contributed by atoms with Gasteiger partial charge in [0.15, 0.2) is 5.96 Å². The second-order valence-electron chi connectivity index (χ2n) is 5.93. The Kier molecular flexibility index (Phi) is 7.43. The van der Waals surface area contributed by atoms with E-state index in [-0.39, 0.29) is 0 Å². The monoisotopic (exact) mass is 361 g/mol. The van der Waals surface area contributed by atoms with Gasteiger partial charge in [0.25, 0.3) is 0 Å². The molecule has 0 spiro atoms. The van der Waals surface area contributed by atoms with Crippen molar-refractivity contribution in [2.75, 3.05) is 26.4 Å². The summed E-state index contributed by atoms with van der Waals surface area (Å²) in [7, 11) is -1.56. The molecule has 132 valence electrons. The summed E-state index contributed by atoms with van der Waals surface area (Å²) >= 11 is 1.73. The summed E-state index contributed by atoms with van der Waals surface area (Å²) in [5.74, 6) is 0.639. The number of hydrogen-bond donors (Lipinski definition) is 3. The fraction of sp³-hybridized carbons (Fsp3) is 0.714. The molecule has 0 fully saturated rings. The van der Waals surface area contributed by atoms with Crippen LogP contribution in [0.2, 0.25) is 0 Å². The molecule has 0 saturated heterocycles. The van der Waals surface area contributed by atoms with Crippen molar-refractivity contribution in [3.05, 3.63) is 16.1 Å². The van der Waals surface area contributed by atoms with Crippen LogP contribution < -0.4 is 15.4 Å². The highest BCUT2D eigenvalue weighted by atomic mass is 32.2. The van der Waals surface area contributed by atoms with E-state index in [1.165, 1.54) is 4.88 Å². The number of guanidine groups is 1. The molecule has 0 aromatic carbocycles. The van der Waals surface area contributed by atoms with E-state index in [1.807, 2.05) is 20.0 Å². The van der Waals surface area contributed by atoms with E-state index in [0.717, 1.165) is 30.6 Å². The number of thiazole rings is 1. The third kappa shape index (κ3) is 8.29. The lowest BCUT2D eigenvalue weighted by atomic mass is 10.1. The minimum atomic E-state index is -3.25. The predicted octanol–water partition coefficient (Wildman–Crippen LogP) is 0.741. The molecule has 1 aromatic heterocycles. The molecule has 7 nitrogen and oxygen atoms in total. The zero-order valence-electron chi connectivity index (χ0n) is 14.4. The SMILES string of the molecule is CCc1cnc(CCNC(=NC)NCC(C)(C)NS(C)(=O)=O)s1. The molecule has 9 heteroatoms. The van der Waals surface area contributed by atoms with Crippen LogP contribution in [0.5, 0.6) is 0 Å². The molecule has 0 atom stereocenters. The summed E-state index contributed by atoms with van der Waals surface area (Å²) in [6.45, 7) is 6.90. The molecule has 0 saturated carbocycles. The molecule has 1 rings (SSSR count). The highest BCUT2D eigenvalue weighted by molar-refractivity contribution is 7.88. The molecule has 0 unspecified atom stereocenters. The number of sulfonamides is 1. The van der Waals surface area contributed by atoms with E-state index < -0.39 is 15.6 Å². The average Bonchev–Trinajstić information content (AvgIpc) is 2.88. The molecule has 1 aromatic rings. The van der Waals surface area contributed by atoms with Gasteiger partial charge < -0.3 is 10.6 Å². The van der Waals surface area contributed by atoms with E-state index >= 15 is 0 Å². The molecule has 0 aliphatic rings. The fourth-order valence-corrected chi connectivity index (χ4v) is 3.92. The van der Waals surface area contributed by atoms with Gasteiger partial charge in [-0.2, -0.15) is 0 Å². The van der Waals surface area contributed by atoms with Crippen LogP contribution in [0.1, 0.15) is 30.7 Å². The van der Waals surface area contributed by atoms with Gasteiger partial charge in [0.2, 0.25) is 10.0 Å². The van der Waals surface area contributed by atoms with Crippen molar-refractivity contribution < 1.29 is 8.42 Å². The van der Waals surface area contributed by atoms with Crippen LogP contribution in [0.4, 0.5) is 0 Å². The predicted molar refractivity (Wildman–Crippen MR) is 96.6 cm³/mol. The number of nitrogens with one attached hydrogen (secondary N) is 3. The van der Waals surface area contributed by atoms with Crippen LogP contribution in [0, 0.1) is 0 Å². The Bertz CT molecular complexity index is 623. The van der Waals surface area contributed by atoms with Gasteiger partial charge in [-0.1, -0.05) is 6.92 Å². The maximum atomic E-state index is 11.3. The van der Waals surface area contributed by atoms with Gasteiger partial charge in [-0.3, -0.25) is 4.99 Å². The highest BCUT2D eigenvalue weighted by Crippen LogP contribution is 2.13. The van der Waals surface area contributed by atoms with Gasteiger partial charge in [-0.05, 0) is 20.3 Å². The van der Waals surface area contributed by atoms with Crippen LogP contribution >= 0.6 is 11.3 Å². The molecule has 0 bridgehead atoms. The van der Waals surface area contributed by atoms with Crippen LogP contribution in [0.3, 0.4) is 0 Å². The van der Waals surface area contributed by atoms with Crippen LogP contribution in [-0.2, 0) is 22.9 Å². The Morgan fingerprint density at radius 2 is 2.09 bits per heavy atom. The third-order valence-corrected chi connectivity index (χ3v) is 5.09. The Morgan fingerprint density at radius 3 is 2.61 bits per heavy atom. The zero-order valence-corrected chi connectivity index (χ0v) is 16.1. The molecule has 3 N–H and O–H groups in total. The lowest BCUT2D eigenvalue weighted by Gasteiger charge is -2.26. The average molecular weight is 362 g/mol. The number of rotatable bonds is 8. The first-order chi connectivity index (χ1) is 10.6. The summed E-state index contributed by atoms with van der Waals surface area (Å²) < 4.78 is 25.2. The standard InChI is InChI=1S/C14H27N5O2S2/c1-6-11-9-17-12(22-11)7-8-16-13(15-4)18-10-14(2,3)19-23(5,20)21/h9,19H,6-8,10H2,1-5H3,(H2,15,16,18). The summed E-state index contributed by atoms with van der Waals surface area (Å²) in [5, 5.41) is 7.44. The van der Waals surface area contributed by atoms with E-state index in [1.54, 1.807) is 18.4 Å². The Balaban J connectivity index is 2.40. The summed E-state index contributed by atoms with van der Waals surface area (Å²) in [4.78, 5) is 9.81. The minimum Gasteiger partial charge on any atom is -0.356 e.